The number of halogens is 2. The number of hydrogen-bond acceptors (Lipinski definition) is 2. The summed E-state index contributed by atoms with van der Waals surface area (Å²) in [7, 11) is -3.74. The molecule has 2 aromatic rings. The van der Waals surface area contributed by atoms with Gasteiger partial charge in [-0.2, -0.15) is 0 Å². The van der Waals surface area contributed by atoms with Gasteiger partial charge in [-0.05, 0) is 61.1 Å². The van der Waals surface area contributed by atoms with Crippen LogP contribution < -0.4 is 0 Å². The van der Waals surface area contributed by atoms with Crippen LogP contribution in [0.2, 0.25) is 0 Å². The summed E-state index contributed by atoms with van der Waals surface area (Å²) in [6.07, 6.45) is 8.98. The maximum atomic E-state index is 13.5. The van der Waals surface area contributed by atoms with Crippen LogP contribution in [0.5, 0.6) is 0 Å². The van der Waals surface area contributed by atoms with Gasteiger partial charge in [0.25, 0.3) is 0 Å². The monoisotopic (exact) mass is 450 g/mol. The number of allylic oxidation sites excluding steroid dienone is 2. The smallest absolute Gasteiger partial charge is 0.207 e. The minimum absolute atomic E-state index is 0.250. The molecule has 0 aliphatic rings. The lowest BCUT2D eigenvalue weighted by molar-refractivity contribution is 0.595. The summed E-state index contributed by atoms with van der Waals surface area (Å²) in [5, 5.41) is 1.32. The highest BCUT2D eigenvalue weighted by Gasteiger charge is 2.23. The van der Waals surface area contributed by atoms with Gasteiger partial charge in [0.05, 0.1) is 9.79 Å². The minimum Gasteiger partial charge on any atom is -0.218 e. The van der Waals surface area contributed by atoms with Crippen LogP contribution in [0.15, 0.2) is 68.4 Å². The zero-order chi connectivity index (χ0) is 21.3. The molecule has 0 unspecified atom stereocenters. The molecule has 0 aliphatic carbocycles. The summed E-state index contributed by atoms with van der Waals surface area (Å²) in [5.41, 5.74) is 1.20. The zero-order valence-electron chi connectivity index (χ0n) is 17.0. The van der Waals surface area contributed by atoms with Gasteiger partial charge in [-0.15, -0.1) is 0 Å². The van der Waals surface area contributed by atoms with Crippen molar-refractivity contribution in [1.29, 1.82) is 0 Å². The molecule has 2 aromatic carbocycles. The van der Waals surface area contributed by atoms with E-state index in [-0.39, 0.29) is 9.79 Å². The third kappa shape index (κ3) is 6.74. The Morgan fingerprint density at radius 1 is 0.759 bits per heavy atom. The molecule has 0 spiro atoms. The Labute approximate surface area is 185 Å². The van der Waals surface area contributed by atoms with E-state index in [4.69, 9.17) is 23.2 Å². The maximum absolute atomic E-state index is 13.5. The fourth-order valence-corrected chi connectivity index (χ4v) is 5.11. The molecule has 0 aromatic heterocycles. The second-order valence-electron chi connectivity index (χ2n) is 6.97. The zero-order valence-corrected chi connectivity index (χ0v) is 19.3. The number of rotatable bonds is 10. The fraction of sp³-hybridized carbons (Fsp3) is 0.333. The van der Waals surface area contributed by atoms with E-state index in [0.29, 0.717) is 21.2 Å². The van der Waals surface area contributed by atoms with Crippen molar-refractivity contribution < 1.29 is 8.42 Å². The second-order valence-corrected chi connectivity index (χ2v) is 9.83. The average Bonchev–Trinajstić information content (AvgIpc) is 2.71. The van der Waals surface area contributed by atoms with Crippen molar-refractivity contribution in [2.24, 2.45) is 0 Å². The molecule has 0 radical (unpaired) electrons. The summed E-state index contributed by atoms with van der Waals surface area (Å²) >= 11 is 12.7. The Morgan fingerprint density at radius 3 is 1.52 bits per heavy atom. The van der Waals surface area contributed by atoms with Gasteiger partial charge in [-0.1, -0.05) is 86.3 Å². The van der Waals surface area contributed by atoms with Gasteiger partial charge in [0.15, 0.2) is 0 Å². The molecule has 0 saturated heterocycles. The van der Waals surface area contributed by atoms with Gasteiger partial charge in [-0.3, -0.25) is 0 Å². The molecular formula is C24H28Cl2O2S. The Morgan fingerprint density at radius 2 is 1.14 bits per heavy atom. The molecule has 0 bridgehead atoms. The second kappa shape index (κ2) is 11.6. The van der Waals surface area contributed by atoms with Crippen molar-refractivity contribution in [2.45, 2.75) is 62.2 Å². The Bertz CT molecular complexity index is 902. The quantitative estimate of drug-likeness (QED) is 0.366. The molecule has 0 amide bonds. The van der Waals surface area contributed by atoms with Gasteiger partial charge in [0.1, 0.15) is 0 Å². The van der Waals surface area contributed by atoms with E-state index < -0.39 is 9.84 Å². The topological polar surface area (TPSA) is 34.1 Å². The highest BCUT2D eigenvalue weighted by molar-refractivity contribution is 7.91. The van der Waals surface area contributed by atoms with Crippen LogP contribution in [0.4, 0.5) is 0 Å². The van der Waals surface area contributed by atoms with Gasteiger partial charge >= 0.3 is 0 Å². The van der Waals surface area contributed by atoms with E-state index in [9.17, 15) is 8.42 Å². The van der Waals surface area contributed by atoms with Crippen LogP contribution in [0, 0.1) is 0 Å². The SMILES string of the molecule is CCCC/C(Cl)=C/c1ccccc1S(=O)(=O)c1ccccc1/C=C(\Cl)CCCC. The average molecular weight is 451 g/mol. The van der Waals surface area contributed by atoms with Gasteiger partial charge in [-0.25, -0.2) is 8.42 Å². The molecule has 0 aliphatic heterocycles. The molecule has 0 fully saturated rings. The van der Waals surface area contributed by atoms with E-state index in [2.05, 4.69) is 13.8 Å². The number of benzene rings is 2. The van der Waals surface area contributed by atoms with Crippen LogP contribution in [0.3, 0.4) is 0 Å². The molecule has 0 N–H and O–H groups in total. The summed E-state index contributed by atoms with van der Waals surface area (Å²) < 4.78 is 27.0. The van der Waals surface area contributed by atoms with Gasteiger partial charge < -0.3 is 0 Å². The lowest BCUT2D eigenvalue weighted by atomic mass is 10.1. The van der Waals surface area contributed by atoms with Crippen molar-refractivity contribution in [3.05, 3.63) is 69.7 Å². The summed E-state index contributed by atoms with van der Waals surface area (Å²) in [6, 6.07) is 13.9. The maximum Gasteiger partial charge on any atom is 0.207 e. The molecule has 0 saturated carbocycles. The molecule has 156 valence electrons. The summed E-state index contributed by atoms with van der Waals surface area (Å²) in [4.78, 5) is 0.500. The van der Waals surface area contributed by atoms with E-state index in [0.717, 1.165) is 38.5 Å². The lowest BCUT2D eigenvalue weighted by Gasteiger charge is -2.12. The predicted octanol–water partition coefficient (Wildman–Crippen LogP) is 8.06. The first-order valence-corrected chi connectivity index (χ1v) is 12.3. The summed E-state index contributed by atoms with van der Waals surface area (Å²) in [5.74, 6) is 0. The van der Waals surface area contributed by atoms with Crippen LogP contribution in [-0.2, 0) is 9.84 Å². The standard InChI is InChI=1S/C24H28Cl2O2S/c1-3-5-13-21(25)17-19-11-7-9-15-23(19)29(27,28)24-16-10-8-12-20(24)18-22(26)14-6-4-2/h7-12,15-18H,3-6,13-14H2,1-2H3/b21-17-,22-18-. The third-order valence-corrected chi connectivity index (χ3v) is 7.08. The van der Waals surface area contributed by atoms with Crippen molar-refractivity contribution in [3.63, 3.8) is 0 Å². The highest BCUT2D eigenvalue weighted by Crippen LogP contribution is 2.31. The first-order valence-electron chi connectivity index (χ1n) is 10.1. The third-order valence-electron chi connectivity index (χ3n) is 4.58. The molecular weight excluding hydrogens is 423 g/mol. The number of hydrogen-bond donors (Lipinski definition) is 0. The number of unbranched alkanes of at least 4 members (excludes halogenated alkanes) is 2. The van der Waals surface area contributed by atoms with Crippen LogP contribution in [0.1, 0.15) is 63.5 Å². The normalized spacial score (nSPS) is 13.0. The Balaban J connectivity index is 2.50. The lowest BCUT2D eigenvalue weighted by Crippen LogP contribution is -2.06. The molecule has 5 heteroatoms. The van der Waals surface area contributed by atoms with Gasteiger partial charge in [0.2, 0.25) is 9.84 Å². The summed E-state index contributed by atoms with van der Waals surface area (Å²) in [6.45, 7) is 4.19. The Kier molecular flexibility index (Phi) is 9.48. The first-order chi connectivity index (χ1) is 13.9. The van der Waals surface area contributed by atoms with Crippen molar-refractivity contribution in [2.75, 3.05) is 0 Å². The molecule has 0 atom stereocenters. The van der Waals surface area contributed by atoms with Crippen LogP contribution in [0.25, 0.3) is 12.2 Å². The highest BCUT2D eigenvalue weighted by atomic mass is 35.5. The number of sulfone groups is 1. The molecule has 2 rings (SSSR count). The molecule has 2 nitrogen and oxygen atoms in total. The van der Waals surface area contributed by atoms with Crippen LogP contribution >= 0.6 is 23.2 Å². The fourth-order valence-electron chi connectivity index (χ4n) is 2.98. The molecule has 0 heterocycles. The Hall–Kier alpha value is -1.55. The van der Waals surface area contributed by atoms with Crippen molar-refractivity contribution >= 4 is 45.2 Å². The van der Waals surface area contributed by atoms with Crippen molar-refractivity contribution in [1.82, 2.24) is 0 Å². The largest absolute Gasteiger partial charge is 0.218 e. The molecule has 29 heavy (non-hydrogen) atoms. The van der Waals surface area contributed by atoms with E-state index in [1.165, 1.54) is 0 Å². The predicted molar refractivity (Wildman–Crippen MR) is 125 cm³/mol. The van der Waals surface area contributed by atoms with Crippen LogP contribution in [-0.4, -0.2) is 8.42 Å². The van der Waals surface area contributed by atoms with Gasteiger partial charge in [0, 0.05) is 10.1 Å². The first kappa shape index (κ1) is 23.7. The minimum atomic E-state index is -3.74. The van der Waals surface area contributed by atoms with Crippen molar-refractivity contribution in [3.8, 4) is 0 Å². The van der Waals surface area contributed by atoms with E-state index in [1.807, 2.05) is 12.1 Å². The van der Waals surface area contributed by atoms with E-state index >= 15 is 0 Å². The van der Waals surface area contributed by atoms with E-state index in [1.54, 1.807) is 48.6 Å².